The minimum atomic E-state index is -2.88. The zero-order chi connectivity index (χ0) is 20.1. The van der Waals surface area contributed by atoms with Gasteiger partial charge >= 0.3 is 6.61 Å². The summed E-state index contributed by atoms with van der Waals surface area (Å²) in [5.74, 6) is 0.0923. The van der Waals surface area contributed by atoms with E-state index in [1.54, 1.807) is 12.1 Å². The quantitative estimate of drug-likeness (QED) is 0.697. The van der Waals surface area contributed by atoms with Crippen molar-refractivity contribution >= 4 is 34.6 Å². The molecule has 1 heterocycles. The van der Waals surface area contributed by atoms with Crippen molar-refractivity contribution < 1.29 is 13.5 Å². The van der Waals surface area contributed by atoms with E-state index in [0.29, 0.717) is 10.8 Å². The number of rotatable bonds is 5. The lowest BCUT2D eigenvalue weighted by atomic mass is 10.2. The zero-order valence-electron chi connectivity index (χ0n) is 15.5. The molecule has 0 saturated carbocycles. The zero-order valence-corrected chi connectivity index (χ0v) is 17.1. The molecule has 4 nitrogen and oxygen atoms in total. The lowest BCUT2D eigenvalue weighted by Gasteiger charge is -2.36. The van der Waals surface area contributed by atoms with Gasteiger partial charge in [-0.25, -0.2) is 0 Å². The molecule has 1 fully saturated rings. The van der Waals surface area contributed by atoms with Crippen molar-refractivity contribution in [3.63, 3.8) is 0 Å². The van der Waals surface area contributed by atoms with Crippen molar-refractivity contribution in [2.75, 3.05) is 31.5 Å². The van der Waals surface area contributed by atoms with Gasteiger partial charge in [0.15, 0.2) is 5.11 Å². The average Bonchev–Trinajstić information content (AvgIpc) is 2.66. The molecule has 0 spiro atoms. The smallest absolute Gasteiger partial charge is 0.387 e. The van der Waals surface area contributed by atoms with Crippen molar-refractivity contribution in [2.45, 2.75) is 20.1 Å². The summed E-state index contributed by atoms with van der Waals surface area (Å²) in [6.07, 6.45) is 0. The molecule has 2 aromatic carbocycles. The molecule has 0 unspecified atom stereocenters. The fraction of sp³-hybridized carbons (Fsp3) is 0.350. The highest BCUT2D eigenvalue weighted by molar-refractivity contribution is 7.80. The number of aryl methyl sites for hydroxylation is 1. The maximum Gasteiger partial charge on any atom is 0.387 e. The van der Waals surface area contributed by atoms with Crippen LogP contribution in [0.15, 0.2) is 42.5 Å². The first kappa shape index (κ1) is 20.8. The number of ether oxygens (including phenoxy) is 1. The third-order valence-electron chi connectivity index (χ3n) is 4.61. The molecule has 1 aliphatic heterocycles. The molecule has 8 heteroatoms. The third-order valence-corrected chi connectivity index (χ3v) is 5.34. The minimum absolute atomic E-state index is 0.0923. The van der Waals surface area contributed by atoms with Gasteiger partial charge in [-0.2, -0.15) is 8.78 Å². The van der Waals surface area contributed by atoms with Crippen LogP contribution in [0.3, 0.4) is 0 Å². The van der Waals surface area contributed by atoms with Crippen LogP contribution in [0.2, 0.25) is 5.02 Å². The normalized spacial score (nSPS) is 15.0. The summed E-state index contributed by atoms with van der Waals surface area (Å²) in [4.78, 5) is 4.35. The van der Waals surface area contributed by atoms with Gasteiger partial charge in [0.1, 0.15) is 5.75 Å². The maximum atomic E-state index is 12.7. The number of alkyl halides is 2. The van der Waals surface area contributed by atoms with Gasteiger partial charge in [-0.3, -0.25) is 4.90 Å². The van der Waals surface area contributed by atoms with E-state index in [9.17, 15) is 8.78 Å². The molecular weight excluding hydrogens is 404 g/mol. The predicted octanol–water partition coefficient (Wildman–Crippen LogP) is 4.76. The highest BCUT2D eigenvalue weighted by Gasteiger charge is 2.20. The van der Waals surface area contributed by atoms with Crippen LogP contribution in [0.25, 0.3) is 0 Å². The summed E-state index contributed by atoms with van der Waals surface area (Å²) >= 11 is 11.7. The molecule has 0 atom stereocenters. The van der Waals surface area contributed by atoms with Crippen LogP contribution in [-0.4, -0.2) is 47.7 Å². The average molecular weight is 426 g/mol. The second-order valence-electron chi connectivity index (χ2n) is 6.66. The number of halogens is 3. The van der Waals surface area contributed by atoms with Crippen LogP contribution in [-0.2, 0) is 6.54 Å². The molecule has 0 amide bonds. The Morgan fingerprint density at radius 3 is 2.57 bits per heavy atom. The molecule has 0 aliphatic carbocycles. The molecular formula is C20H22ClF2N3OS. The van der Waals surface area contributed by atoms with Crippen LogP contribution < -0.4 is 10.1 Å². The monoisotopic (exact) mass is 425 g/mol. The summed E-state index contributed by atoms with van der Waals surface area (Å²) in [7, 11) is 0. The largest absolute Gasteiger partial charge is 0.433 e. The second-order valence-corrected chi connectivity index (χ2v) is 7.46. The van der Waals surface area contributed by atoms with E-state index in [1.807, 2.05) is 42.2 Å². The molecule has 1 N–H and O–H groups in total. The highest BCUT2D eigenvalue weighted by atomic mass is 35.5. The topological polar surface area (TPSA) is 27.7 Å². The van der Waals surface area contributed by atoms with E-state index >= 15 is 0 Å². The van der Waals surface area contributed by atoms with Crippen molar-refractivity contribution in [2.24, 2.45) is 0 Å². The van der Waals surface area contributed by atoms with Crippen LogP contribution >= 0.6 is 23.8 Å². The van der Waals surface area contributed by atoms with E-state index < -0.39 is 6.61 Å². The van der Waals surface area contributed by atoms with Crippen molar-refractivity contribution in [1.82, 2.24) is 9.80 Å². The summed E-state index contributed by atoms with van der Waals surface area (Å²) in [5.41, 5.74) is 2.38. The molecule has 3 rings (SSSR count). The molecule has 150 valence electrons. The van der Waals surface area contributed by atoms with Gasteiger partial charge in [0.2, 0.25) is 0 Å². The Kier molecular flexibility index (Phi) is 7.04. The first-order chi connectivity index (χ1) is 13.4. The molecule has 0 aromatic heterocycles. The lowest BCUT2D eigenvalue weighted by Crippen LogP contribution is -2.49. The number of nitrogens with one attached hydrogen (secondary N) is 1. The summed E-state index contributed by atoms with van der Waals surface area (Å²) < 4.78 is 29.9. The maximum absolute atomic E-state index is 12.7. The van der Waals surface area contributed by atoms with Gasteiger partial charge in [-0.05, 0) is 48.5 Å². The fourth-order valence-electron chi connectivity index (χ4n) is 3.10. The Balaban J connectivity index is 1.56. The van der Waals surface area contributed by atoms with E-state index in [2.05, 4.69) is 15.0 Å². The third kappa shape index (κ3) is 5.53. The lowest BCUT2D eigenvalue weighted by molar-refractivity contribution is -0.0493. The number of hydrogen-bond acceptors (Lipinski definition) is 3. The van der Waals surface area contributed by atoms with E-state index in [4.69, 9.17) is 23.8 Å². The predicted molar refractivity (Wildman–Crippen MR) is 112 cm³/mol. The van der Waals surface area contributed by atoms with Gasteiger partial charge in [-0.1, -0.05) is 35.9 Å². The van der Waals surface area contributed by atoms with Gasteiger partial charge in [0, 0.05) is 37.7 Å². The van der Waals surface area contributed by atoms with Crippen LogP contribution in [0.5, 0.6) is 5.75 Å². The van der Waals surface area contributed by atoms with E-state index in [0.717, 1.165) is 48.9 Å². The number of thiocarbonyl (C=S) groups is 1. The standard InChI is InChI=1S/C20H22ClF2N3OS/c1-14-6-7-17(18(12-14)27-19(22)23)24-20(28)26-10-8-25(9-11-26)13-15-4-2-3-5-16(15)21/h2-7,12,19H,8-11,13H2,1H3,(H,24,28). The first-order valence-corrected chi connectivity index (χ1v) is 9.78. The summed E-state index contributed by atoms with van der Waals surface area (Å²) in [5, 5.41) is 4.32. The van der Waals surface area contributed by atoms with Crippen molar-refractivity contribution in [1.29, 1.82) is 0 Å². The summed E-state index contributed by atoms with van der Waals surface area (Å²) in [6, 6.07) is 12.9. The van der Waals surface area contributed by atoms with Gasteiger partial charge in [0.25, 0.3) is 0 Å². The van der Waals surface area contributed by atoms with Crippen molar-refractivity contribution in [3.05, 3.63) is 58.6 Å². The Labute approximate surface area is 174 Å². The van der Waals surface area contributed by atoms with Gasteiger partial charge in [0.05, 0.1) is 5.69 Å². The van der Waals surface area contributed by atoms with E-state index in [-0.39, 0.29) is 5.75 Å². The molecule has 0 bridgehead atoms. The van der Waals surface area contributed by atoms with Gasteiger partial charge < -0.3 is 15.0 Å². The molecule has 1 aliphatic rings. The number of nitrogens with zero attached hydrogens (tertiary/aromatic N) is 2. The Bertz CT molecular complexity index is 829. The highest BCUT2D eigenvalue weighted by Crippen LogP contribution is 2.28. The molecule has 28 heavy (non-hydrogen) atoms. The SMILES string of the molecule is Cc1ccc(NC(=S)N2CCN(Cc3ccccc3Cl)CC2)c(OC(F)F)c1. The number of benzene rings is 2. The Hall–Kier alpha value is -1.96. The summed E-state index contributed by atoms with van der Waals surface area (Å²) in [6.45, 7) is 2.88. The number of anilines is 1. The number of piperazine rings is 1. The Morgan fingerprint density at radius 1 is 1.18 bits per heavy atom. The van der Waals surface area contributed by atoms with Crippen molar-refractivity contribution in [3.8, 4) is 5.75 Å². The molecule has 0 radical (unpaired) electrons. The molecule has 2 aromatic rings. The van der Waals surface area contributed by atoms with Gasteiger partial charge in [-0.15, -0.1) is 0 Å². The minimum Gasteiger partial charge on any atom is -0.433 e. The second kappa shape index (κ2) is 9.49. The molecule has 1 saturated heterocycles. The van der Waals surface area contributed by atoms with Crippen LogP contribution in [0.1, 0.15) is 11.1 Å². The first-order valence-electron chi connectivity index (χ1n) is 8.99. The van der Waals surface area contributed by atoms with Crippen LogP contribution in [0.4, 0.5) is 14.5 Å². The van der Waals surface area contributed by atoms with Crippen LogP contribution in [0, 0.1) is 6.92 Å². The van der Waals surface area contributed by atoms with E-state index in [1.165, 1.54) is 0 Å². The fourth-order valence-corrected chi connectivity index (χ4v) is 3.59. The Morgan fingerprint density at radius 2 is 1.89 bits per heavy atom. The number of hydrogen-bond donors (Lipinski definition) is 1.